The molecule has 28 heavy (non-hydrogen) atoms. The Kier molecular flexibility index (Phi) is 9.67. The molecule has 1 aliphatic heterocycles. The first-order valence-electron chi connectivity index (χ1n) is 9.82. The number of nitrogens with one attached hydrogen (secondary N) is 2. The van der Waals surface area contributed by atoms with Crippen LogP contribution in [0.15, 0.2) is 40.7 Å². The molecule has 1 aliphatic rings. The second-order valence-corrected chi connectivity index (χ2v) is 8.32. The monoisotopic (exact) mass is 513 g/mol. The van der Waals surface area contributed by atoms with Gasteiger partial charge in [0.05, 0.1) is 12.2 Å². The third kappa shape index (κ3) is 6.70. The molecule has 1 saturated heterocycles. The molecule has 154 valence electrons. The van der Waals surface area contributed by atoms with E-state index in [1.807, 2.05) is 7.05 Å². The molecule has 0 aliphatic carbocycles. The Morgan fingerprint density at radius 3 is 2.75 bits per heavy atom. The molecule has 1 aromatic carbocycles. The van der Waals surface area contributed by atoms with E-state index >= 15 is 0 Å². The summed E-state index contributed by atoms with van der Waals surface area (Å²) in [5.41, 5.74) is 2.55. The topological polar surface area (TPSA) is 52.6 Å². The van der Waals surface area contributed by atoms with Gasteiger partial charge in [-0.3, -0.25) is 9.89 Å². The summed E-state index contributed by atoms with van der Waals surface area (Å²) >= 11 is 1.71. The fourth-order valence-corrected chi connectivity index (χ4v) is 4.31. The van der Waals surface area contributed by atoms with Crippen LogP contribution in [-0.2, 0) is 13.1 Å². The second kappa shape index (κ2) is 11.7. The van der Waals surface area contributed by atoms with E-state index in [2.05, 4.69) is 75.1 Å². The van der Waals surface area contributed by atoms with Crippen LogP contribution in [0.3, 0.4) is 0 Å². The van der Waals surface area contributed by atoms with Crippen molar-refractivity contribution in [3.8, 4) is 0 Å². The van der Waals surface area contributed by atoms with Crippen molar-refractivity contribution in [2.24, 2.45) is 4.99 Å². The van der Waals surface area contributed by atoms with E-state index in [0.29, 0.717) is 12.0 Å². The van der Waals surface area contributed by atoms with E-state index in [1.54, 1.807) is 11.3 Å². The Balaban J connectivity index is 0.00000280. The van der Waals surface area contributed by atoms with E-state index in [9.17, 15) is 0 Å². The number of rotatable bonds is 7. The minimum atomic E-state index is 0. The second-order valence-electron chi connectivity index (χ2n) is 7.38. The third-order valence-electron chi connectivity index (χ3n) is 5.02. The minimum Gasteiger partial charge on any atom is -0.355 e. The Labute approximate surface area is 190 Å². The van der Waals surface area contributed by atoms with Crippen LogP contribution < -0.4 is 10.6 Å². The lowest BCUT2D eigenvalue weighted by Gasteiger charge is -2.25. The van der Waals surface area contributed by atoms with E-state index in [4.69, 9.17) is 0 Å². The van der Waals surface area contributed by atoms with Crippen molar-refractivity contribution in [3.63, 3.8) is 0 Å². The number of guanidine groups is 1. The fraction of sp³-hybridized carbons (Fsp3) is 0.524. The summed E-state index contributed by atoms with van der Waals surface area (Å²) in [6.07, 6.45) is 2.50. The first-order chi connectivity index (χ1) is 13.2. The molecule has 0 amide bonds. The number of benzene rings is 1. The fourth-order valence-electron chi connectivity index (χ4n) is 3.42. The lowest BCUT2D eigenvalue weighted by molar-refractivity contribution is 0.245. The average Bonchev–Trinajstić information content (AvgIpc) is 3.32. The molecule has 0 radical (unpaired) electrons. The van der Waals surface area contributed by atoms with Crippen molar-refractivity contribution in [1.29, 1.82) is 0 Å². The summed E-state index contributed by atoms with van der Waals surface area (Å²) in [6.45, 7) is 8.18. The molecule has 1 aromatic heterocycles. The molecule has 5 nitrogen and oxygen atoms in total. The highest BCUT2D eigenvalue weighted by Crippen LogP contribution is 2.20. The van der Waals surface area contributed by atoms with Gasteiger partial charge in [-0.2, -0.15) is 0 Å². The molecule has 2 heterocycles. The maximum Gasteiger partial charge on any atom is 0.191 e. The standard InChI is InChI=1S/C21H31N5S.HI/c1-16(2)19-15-27-20(25-19)13-24-21(22-3)23-12-18-10-7-11-26(18)14-17-8-5-4-6-9-17;/h4-6,8-9,15-16,18H,7,10-14H2,1-3H3,(H2,22,23,24);1H. The largest absolute Gasteiger partial charge is 0.355 e. The molecular weight excluding hydrogens is 481 g/mol. The van der Waals surface area contributed by atoms with Crippen molar-refractivity contribution in [3.05, 3.63) is 52.0 Å². The number of thiazole rings is 1. The molecule has 1 unspecified atom stereocenters. The van der Waals surface area contributed by atoms with Gasteiger partial charge in [0.25, 0.3) is 0 Å². The van der Waals surface area contributed by atoms with E-state index in [-0.39, 0.29) is 24.0 Å². The van der Waals surface area contributed by atoms with Gasteiger partial charge in [0, 0.05) is 31.6 Å². The Hall–Kier alpha value is -1.19. The first-order valence-corrected chi connectivity index (χ1v) is 10.7. The van der Waals surface area contributed by atoms with E-state index in [1.165, 1.54) is 30.6 Å². The van der Waals surface area contributed by atoms with Crippen LogP contribution in [0.25, 0.3) is 0 Å². The summed E-state index contributed by atoms with van der Waals surface area (Å²) < 4.78 is 0. The SMILES string of the molecule is CN=C(NCc1nc(C(C)C)cs1)NCC1CCCN1Cc1ccccc1.I. The Bertz CT molecular complexity index is 731. The van der Waals surface area contributed by atoms with Crippen molar-refractivity contribution < 1.29 is 0 Å². The number of nitrogens with zero attached hydrogens (tertiary/aromatic N) is 3. The zero-order valence-electron chi connectivity index (χ0n) is 17.0. The quantitative estimate of drug-likeness (QED) is 0.331. The van der Waals surface area contributed by atoms with E-state index < -0.39 is 0 Å². The normalized spacial score (nSPS) is 17.6. The van der Waals surface area contributed by atoms with Gasteiger partial charge in [-0.15, -0.1) is 35.3 Å². The van der Waals surface area contributed by atoms with Crippen LogP contribution in [0.2, 0.25) is 0 Å². The number of hydrogen-bond donors (Lipinski definition) is 2. The smallest absolute Gasteiger partial charge is 0.191 e. The zero-order chi connectivity index (χ0) is 19.1. The predicted octanol–water partition coefficient (Wildman–Crippen LogP) is 4.21. The van der Waals surface area contributed by atoms with Crippen molar-refractivity contribution in [2.75, 3.05) is 20.1 Å². The number of aromatic nitrogens is 1. The summed E-state index contributed by atoms with van der Waals surface area (Å²) in [7, 11) is 1.83. The van der Waals surface area contributed by atoms with Crippen LogP contribution in [0.1, 0.15) is 48.9 Å². The van der Waals surface area contributed by atoms with Crippen molar-refractivity contribution >= 4 is 41.3 Å². The number of likely N-dealkylation sites (tertiary alicyclic amines) is 1. The van der Waals surface area contributed by atoms with Gasteiger partial charge in [-0.1, -0.05) is 44.2 Å². The maximum absolute atomic E-state index is 4.68. The summed E-state index contributed by atoms with van der Waals surface area (Å²) in [4.78, 5) is 11.6. The first kappa shape index (κ1) is 23.1. The molecule has 0 spiro atoms. The molecular formula is C21H32IN5S. The highest BCUT2D eigenvalue weighted by Gasteiger charge is 2.24. The van der Waals surface area contributed by atoms with Gasteiger partial charge < -0.3 is 10.6 Å². The summed E-state index contributed by atoms with van der Waals surface area (Å²) in [5, 5.41) is 10.2. The average molecular weight is 513 g/mol. The van der Waals surface area contributed by atoms with Crippen LogP contribution in [0.4, 0.5) is 0 Å². The van der Waals surface area contributed by atoms with Gasteiger partial charge in [0.2, 0.25) is 0 Å². The van der Waals surface area contributed by atoms with Gasteiger partial charge in [-0.25, -0.2) is 4.98 Å². The minimum absolute atomic E-state index is 0. The lowest BCUT2D eigenvalue weighted by Crippen LogP contribution is -2.44. The summed E-state index contributed by atoms with van der Waals surface area (Å²) in [6, 6.07) is 11.3. The molecule has 3 rings (SSSR count). The van der Waals surface area contributed by atoms with Gasteiger partial charge in [0.15, 0.2) is 5.96 Å². The van der Waals surface area contributed by atoms with Crippen LogP contribution in [-0.4, -0.2) is 42.0 Å². The molecule has 0 bridgehead atoms. The van der Waals surface area contributed by atoms with E-state index in [0.717, 1.165) is 30.6 Å². The molecule has 0 saturated carbocycles. The molecule has 1 fully saturated rings. The van der Waals surface area contributed by atoms with Crippen molar-refractivity contribution in [2.45, 2.75) is 51.7 Å². The summed E-state index contributed by atoms with van der Waals surface area (Å²) in [5.74, 6) is 1.33. The van der Waals surface area contributed by atoms with Crippen molar-refractivity contribution in [1.82, 2.24) is 20.5 Å². The molecule has 7 heteroatoms. The molecule has 2 N–H and O–H groups in total. The van der Waals surface area contributed by atoms with Gasteiger partial charge in [0.1, 0.15) is 5.01 Å². The Morgan fingerprint density at radius 2 is 2.07 bits per heavy atom. The predicted molar refractivity (Wildman–Crippen MR) is 130 cm³/mol. The van der Waals surface area contributed by atoms with Gasteiger partial charge in [-0.05, 0) is 30.9 Å². The molecule has 2 aromatic rings. The van der Waals surface area contributed by atoms with Gasteiger partial charge >= 0.3 is 0 Å². The zero-order valence-corrected chi connectivity index (χ0v) is 20.2. The maximum atomic E-state index is 4.68. The van der Waals surface area contributed by atoms with Crippen LogP contribution >= 0.6 is 35.3 Å². The number of halogens is 1. The highest BCUT2D eigenvalue weighted by atomic mass is 127. The lowest BCUT2D eigenvalue weighted by atomic mass is 10.2. The third-order valence-corrected chi connectivity index (χ3v) is 5.89. The number of aliphatic imine (C=N–C) groups is 1. The highest BCUT2D eigenvalue weighted by molar-refractivity contribution is 14.0. The molecule has 1 atom stereocenters. The Morgan fingerprint density at radius 1 is 1.29 bits per heavy atom. The van der Waals surface area contributed by atoms with Crippen LogP contribution in [0, 0.1) is 0 Å². The number of hydrogen-bond acceptors (Lipinski definition) is 4. The van der Waals surface area contributed by atoms with Crippen LogP contribution in [0.5, 0.6) is 0 Å².